The zero-order chi connectivity index (χ0) is 38.4. The summed E-state index contributed by atoms with van der Waals surface area (Å²) in [6.45, 7) is 1.97. The summed E-state index contributed by atoms with van der Waals surface area (Å²) in [4.78, 5) is 36.4. The lowest BCUT2D eigenvalue weighted by Gasteiger charge is -2.20. The Morgan fingerprint density at radius 1 is 0.981 bits per heavy atom. The molecule has 53 heavy (non-hydrogen) atoms. The number of terminal acetylenes is 1. The summed E-state index contributed by atoms with van der Waals surface area (Å²) in [5.41, 5.74) is 0.888. The van der Waals surface area contributed by atoms with Crippen molar-refractivity contribution in [2.24, 2.45) is 0 Å². The van der Waals surface area contributed by atoms with Gasteiger partial charge >= 0.3 is 15.2 Å². The number of ether oxygens (including phenoxy) is 5. The third-order valence-corrected chi connectivity index (χ3v) is 12.4. The Bertz CT molecular complexity index is 1770. The Balaban J connectivity index is 1.35. The molecule has 1 fully saturated rings. The number of nitrogens with zero attached hydrogens (tertiary/aromatic N) is 4. The number of aliphatic hydroxyl groups excluding tert-OH is 2. The summed E-state index contributed by atoms with van der Waals surface area (Å²) in [7, 11) is -11.0. The van der Waals surface area contributed by atoms with E-state index in [4.69, 9.17) is 56.0 Å². The van der Waals surface area contributed by atoms with Gasteiger partial charge in [0.2, 0.25) is 5.28 Å². The molecule has 294 valence electrons. The second-order valence-electron chi connectivity index (χ2n) is 11.5. The first-order valence-corrected chi connectivity index (χ1v) is 21.5. The molecule has 2 aromatic heterocycles. The molecule has 0 radical (unpaired) electrons. The minimum Gasteiger partial charge on any atom is -0.387 e. The molecule has 4 rings (SSSR count). The fourth-order valence-electron chi connectivity index (χ4n) is 5.01. The summed E-state index contributed by atoms with van der Waals surface area (Å²) >= 11 is 6.31. The molecule has 3 heterocycles. The third-order valence-electron chi connectivity index (χ3n) is 7.43. The van der Waals surface area contributed by atoms with Gasteiger partial charge in [0.15, 0.2) is 17.8 Å². The van der Waals surface area contributed by atoms with Crippen molar-refractivity contribution in [1.29, 1.82) is 0 Å². The normalized spacial score (nSPS) is 21.3. The zero-order valence-electron chi connectivity index (χ0n) is 28.3. The molecular weight excluding hydrogens is 784 g/mol. The summed E-state index contributed by atoms with van der Waals surface area (Å²) in [6.07, 6.45) is 0.439. The molecular formula is C30H42ClN5O14P2S. The Morgan fingerprint density at radius 3 is 2.26 bits per heavy atom. The van der Waals surface area contributed by atoms with Gasteiger partial charge in [0.25, 0.3) is 0 Å². The van der Waals surface area contributed by atoms with Gasteiger partial charge in [-0.05, 0) is 17.2 Å². The van der Waals surface area contributed by atoms with E-state index in [0.717, 1.165) is 10.2 Å². The van der Waals surface area contributed by atoms with Gasteiger partial charge in [-0.15, -0.1) is 6.42 Å². The third kappa shape index (κ3) is 14.0. The molecule has 0 spiro atoms. The minimum atomic E-state index is -4.89. The summed E-state index contributed by atoms with van der Waals surface area (Å²) < 4.78 is 69.6. The van der Waals surface area contributed by atoms with E-state index in [1.54, 1.807) is 0 Å². The number of benzene rings is 1. The van der Waals surface area contributed by atoms with Crippen molar-refractivity contribution < 1.29 is 66.4 Å². The van der Waals surface area contributed by atoms with E-state index in [-0.39, 0.29) is 41.5 Å². The lowest BCUT2D eigenvalue weighted by molar-refractivity contribution is -0.0541. The zero-order valence-corrected chi connectivity index (χ0v) is 31.7. The van der Waals surface area contributed by atoms with E-state index in [2.05, 4.69) is 26.3 Å². The molecule has 0 bridgehead atoms. The van der Waals surface area contributed by atoms with Gasteiger partial charge in [-0.25, -0.2) is 4.68 Å². The molecule has 19 nitrogen and oxygen atoms in total. The fraction of sp³-hybridized carbons (Fsp3) is 0.567. The van der Waals surface area contributed by atoms with Gasteiger partial charge in [0, 0.05) is 22.3 Å². The minimum absolute atomic E-state index is 0.0869. The van der Waals surface area contributed by atoms with Gasteiger partial charge in [-0.3, -0.25) is 13.3 Å². The highest BCUT2D eigenvalue weighted by Crippen LogP contribution is 2.55. The summed E-state index contributed by atoms with van der Waals surface area (Å²) in [5, 5.41) is 29.1. The van der Waals surface area contributed by atoms with E-state index in [0.29, 0.717) is 45.0 Å². The maximum atomic E-state index is 13.2. The van der Waals surface area contributed by atoms with Crippen LogP contribution in [0.1, 0.15) is 17.8 Å². The lowest BCUT2D eigenvalue weighted by atomic mass is 10.1. The highest BCUT2D eigenvalue weighted by molar-refractivity contribution is 7.85. The number of halogens is 1. The van der Waals surface area contributed by atoms with Crippen molar-refractivity contribution in [2.75, 3.05) is 82.2 Å². The molecule has 0 amide bonds. The van der Waals surface area contributed by atoms with Crippen molar-refractivity contribution in [2.45, 2.75) is 30.6 Å². The maximum absolute atomic E-state index is 13.2. The van der Waals surface area contributed by atoms with E-state index in [1.807, 2.05) is 30.3 Å². The number of fused-ring (bicyclic) bond motifs is 1. The van der Waals surface area contributed by atoms with Crippen LogP contribution in [-0.2, 0) is 48.1 Å². The van der Waals surface area contributed by atoms with Crippen LogP contribution in [0.25, 0.3) is 11.0 Å². The van der Waals surface area contributed by atoms with E-state index in [1.165, 1.54) is 6.20 Å². The maximum Gasteiger partial charge on any atom is 0.340 e. The second kappa shape index (κ2) is 21.0. The summed E-state index contributed by atoms with van der Waals surface area (Å²) in [6, 6.07) is 8.71. The molecule has 0 aliphatic carbocycles. The lowest BCUT2D eigenvalue weighted by Crippen LogP contribution is -2.33. The first-order valence-electron chi connectivity index (χ1n) is 16.1. The molecule has 2 unspecified atom stereocenters. The van der Waals surface area contributed by atoms with Crippen LogP contribution < -0.4 is 5.32 Å². The van der Waals surface area contributed by atoms with Crippen LogP contribution >= 0.6 is 26.8 Å². The van der Waals surface area contributed by atoms with Crippen molar-refractivity contribution in [3.05, 3.63) is 47.4 Å². The predicted octanol–water partition coefficient (Wildman–Crippen LogP) is 1.04. The smallest absolute Gasteiger partial charge is 0.340 e. The molecule has 6 N–H and O–H groups in total. The monoisotopic (exact) mass is 825 g/mol. The molecule has 0 saturated carbocycles. The fourth-order valence-corrected chi connectivity index (χ4v) is 8.86. The summed E-state index contributed by atoms with van der Waals surface area (Å²) in [5.74, 6) is 1.57. The van der Waals surface area contributed by atoms with Gasteiger partial charge in [-0.1, -0.05) is 36.3 Å². The van der Waals surface area contributed by atoms with Crippen molar-refractivity contribution in [1.82, 2.24) is 19.7 Å². The SMILES string of the molecule is C#CCOCCOCCOCCOCCS(=O)C[C@H](Nc1nc(Cl)nc2c1cnn2[C@@H]1O[C@H](COP(=O)(O)CP(=O)(O)O)[C@@H](O)[C@H]1O)c1ccccc1. The van der Waals surface area contributed by atoms with E-state index < -0.39 is 69.1 Å². The molecule has 1 aromatic carbocycles. The highest BCUT2D eigenvalue weighted by Gasteiger charge is 2.46. The quantitative estimate of drug-likeness (QED) is 0.0319. The topological polar surface area (TPSA) is 263 Å². The van der Waals surface area contributed by atoms with Gasteiger partial charge < -0.3 is 58.4 Å². The van der Waals surface area contributed by atoms with Crippen LogP contribution in [0.3, 0.4) is 0 Å². The Morgan fingerprint density at radius 2 is 1.62 bits per heavy atom. The molecule has 23 heteroatoms. The largest absolute Gasteiger partial charge is 0.387 e. The molecule has 1 aliphatic heterocycles. The van der Waals surface area contributed by atoms with E-state index >= 15 is 0 Å². The van der Waals surface area contributed by atoms with Crippen molar-refractivity contribution in [3.8, 4) is 12.3 Å². The Hall–Kier alpha value is -2.41. The van der Waals surface area contributed by atoms with Gasteiger partial charge in [0.1, 0.15) is 30.7 Å². The van der Waals surface area contributed by atoms with E-state index in [9.17, 15) is 28.4 Å². The van der Waals surface area contributed by atoms with Crippen LogP contribution in [0.4, 0.5) is 5.82 Å². The highest BCUT2D eigenvalue weighted by atomic mass is 35.5. The van der Waals surface area contributed by atoms with Crippen molar-refractivity contribution >= 4 is 54.4 Å². The van der Waals surface area contributed by atoms with Crippen LogP contribution in [0, 0.1) is 12.3 Å². The van der Waals surface area contributed by atoms with Gasteiger partial charge in [-0.2, -0.15) is 15.1 Å². The number of aliphatic hydroxyl groups is 2. The number of nitrogens with one attached hydrogen (secondary N) is 1. The van der Waals surface area contributed by atoms with Crippen LogP contribution in [0.2, 0.25) is 5.28 Å². The molecule has 1 aliphatic rings. The van der Waals surface area contributed by atoms with Crippen LogP contribution in [0.5, 0.6) is 0 Å². The second-order valence-corrected chi connectivity index (χ2v) is 17.4. The number of hydrogen-bond donors (Lipinski definition) is 6. The van der Waals surface area contributed by atoms with Crippen LogP contribution in [-0.4, -0.2) is 144 Å². The predicted molar refractivity (Wildman–Crippen MR) is 192 cm³/mol. The number of anilines is 1. The number of aromatic nitrogens is 4. The average Bonchev–Trinajstić information content (AvgIpc) is 3.64. The Labute approximate surface area is 312 Å². The van der Waals surface area contributed by atoms with Crippen molar-refractivity contribution in [3.63, 3.8) is 0 Å². The number of hydrogen-bond acceptors (Lipinski definition) is 15. The average molecular weight is 826 g/mol. The standard InChI is InChI=1S/C30H42ClN5O14P2S/c1-2-8-45-9-10-46-11-12-47-13-14-48-15-16-53(44)19-23(21-6-4-3-5-7-21)33-27-22-17-32-36(28(22)35-30(31)34-27)29-26(38)25(37)24(50-29)18-49-52(42,43)20-51(39,40)41/h1,3-7,17,23-26,29,37-38H,8-16,18-20H2,(H,42,43)(H,33,34,35)(H2,39,40,41)/t23-,24+,25+,26+,29+,53?/m0/s1. The number of rotatable bonds is 24. The van der Waals surface area contributed by atoms with Gasteiger partial charge in [0.05, 0.1) is 70.5 Å². The first-order chi connectivity index (χ1) is 25.3. The molecule has 3 aromatic rings. The molecule has 7 atom stereocenters. The molecule has 1 saturated heterocycles. The Kier molecular flexibility index (Phi) is 17.2. The van der Waals surface area contributed by atoms with Crippen LogP contribution in [0.15, 0.2) is 36.5 Å². The first kappa shape index (κ1) is 43.3.